The highest BCUT2D eigenvalue weighted by molar-refractivity contribution is 7.99. The molecule has 2 aromatic rings. The molecule has 3 nitrogen and oxygen atoms in total. The largest absolute Gasteiger partial charge is 0.323 e. The van der Waals surface area contributed by atoms with Gasteiger partial charge in [0.1, 0.15) is 5.37 Å². The van der Waals surface area contributed by atoms with Gasteiger partial charge in [0.25, 0.3) is 0 Å². The first-order valence-corrected chi connectivity index (χ1v) is 8.99. The minimum Gasteiger partial charge on any atom is -0.308 e. The summed E-state index contributed by atoms with van der Waals surface area (Å²) in [6.45, 7) is 4.94. The predicted octanol–water partition coefficient (Wildman–Crippen LogP) is 5.24. The molecule has 0 spiro atoms. The van der Waals surface area contributed by atoms with E-state index in [4.69, 9.17) is 11.6 Å². The third-order valence-corrected chi connectivity index (χ3v) is 5.40. The van der Waals surface area contributed by atoms with Gasteiger partial charge in [-0.15, -0.1) is 11.8 Å². The summed E-state index contributed by atoms with van der Waals surface area (Å²) in [7, 11) is 0. The van der Waals surface area contributed by atoms with Gasteiger partial charge in [0, 0.05) is 23.0 Å². The van der Waals surface area contributed by atoms with Gasteiger partial charge in [0.05, 0.1) is 0 Å². The Hall–Kier alpha value is -1.65. The number of halogens is 1. The molecule has 120 valence electrons. The molecular formula is C18H19ClN2OS. The Bertz CT molecular complexity index is 735. The van der Waals surface area contributed by atoms with Crippen LogP contribution in [0.1, 0.15) is 22.1 Å². The first kappa shape index (κ1) is 16.2. The van der Waals surface area contributed by atoms with Crippen molar-refractivity contribution >= 4 is 35.1 Å². The molecular weight excluding hydrogens is 328 g/mol. The van der Waals surface area contributed by atoms with E-state index in [1.807, 2.05) is 17.0 Å². The number of nitrogens with zero attached hydrogens (tertiary/aromatic N) is 1. The van der Waals surface area contributed by atoms with Gasteiger partial charge >= 0.3 is 6.03 Å². The van der Waals surface area contributed by atoms with Crippen LogP contribution >= 0.6 is 23.4 Å². The van der Waals surface area contributed by atoms with Crippen molar-refractivity contribution < 1.29 is 4.79 Å². The fourth-order valence-electron chi connectivity index (χ4n) is 2.80. The van der Waals surface area contributed by atoms with Crippen molar-refractivity contribution in [3.63, 3.8) is 0 Å². The van der Waals surface area contributed by atoms with Crippen molar-refractivity contribution in [2.75, 3.05) is 17.6 Å². The average molecular weight is 347 g/mol. The summed E-state index contributed by atoms with van der Waals surface area (Å²) in [5.74, 6) is 0.945. The van der Waals surface area contributed by atoms with Crippen LogP contribution in [0.4, 0.5) is 10.5 Å². The molecule has 0 saturated carbocycles. The minimum atomic E-state index is -0.0813. The summed E-state index contributed by atoms with van der Waals surface area (Å²) in [6, 6.07) is 13.6. The van der Waals surface area contributed by atoms with Crippen LogP contribution in [-0.2, 0) is 0 Å². The number of carbonyl (C=O) groups is 1. The average Bonchev–Trinajstić information content (AvgIpc) is 2.96. The van der Waals surface area contributed by atoms with E-state index in [-0.39, 0.29) is 11.4 Å². The van der Waals surface area contributed by atoms with E-state index in [9.17, 15) is 4.79 Å². The molecule has 2 amide bonds. The first-order chi connectivity index (χ1) is 11.0. The van der Waals surface area contributed by atoms with E-state index >= 15 is 0 Å². The van der Waals surface area contributed by atoms with Crippen LogP contribution < -0.4 is 5.32 Å². The summed E-state index contributed by atoms with van der Waals surface area (Å²) < 4.78 is 0. The Morgan fingerprint density at radius 1 is 1.26 bits per heavy atom. The van der Waals surface area contributed by atoms with E-state index in [2.05, 4.69) is 37.4 Å². The molecule has 1 atom stereocenters. The topological polar surface area (TPSA) is 32.3 Å². The van der Waals surface area contributed by atoms with Gasteiger partial charge in [0.15, 0.2) is 0 Å². The Labute approximate surface area is 146 Å². The van der Waals surface area contributed by atoms with E-state index < -0.39 is 0 Å². The number of hydrogen-bond acceptors (Lipinski definition) is 2. The first-order valence-electron chi connectivity index (χ1n) is 7.56. The highest BCUT2D eigenvalue weighted by atomic mass is 35.5. The van der Waals surface area contributed by atoms with E-state index in [0.717, 1.165) is 18.0 Å². The second-order valence-corrected chi connectivity index (χ2v) is 7.34. The van der Waals surface area contributed by atoms with E-state index in [1.165, 1.54) is 16.7 Å². The van der Waals surface area contributed by atoms with Crippen LogP contribution in [0.2, 0.25) is 5.02 Å². The number of aryl methyl sites for hydroxylation is 2. The molecule has 2 aromatic carbocycles. The standard InChI is InChI=1S/C18H19ClN2OS/c1-12-6-7-16(13(2)10-12)17-21(8-9-23-17)18(22)20-15-5-3-4-14(19)11-15/h3-7,10-11,17H,8-9H2,1-2H3,(H,20,22)/t17-/m1/s1. The zero-order valence-corrected chi connectivity index (χ0v) is 14.7. The number of urea groups is 1. The molecule has 1 aliphatic rings. The van der Waals surface area contributed by atoms with Crippen LogP contribution in [0.3, 0.4) is 0 Å². The van der Waals surface area contributed by atoms with E-state index in [0.29, 0.717) is 5.02 Å². The lowest BCUT2D eigenvalue weighted by atomic mass is 10.1. The molecule has 5 heteroatoms. The molecule has 1 heterocycles. The number of amides is 2. The molecule has 1 N–H and O–H groups in total. The zero-order chi connectivity index (χ0) is 16.4. The van der Waals surface area contributed by atoms with Gasteiger partial charge in [-0.05, 0) is 43.2 Å². The maximum absolute atomic E-state index is 12.6. The number of rotatable bonds is 2. The zero-order valence-electron chi connectivity index (χ0n) is 13.2. The molecule has 1 saturated heterocycles. The van der Waals surface area contributed by atoms with Gasteiger partial charge in [-0.2, -0.15) is 0 Å². The van der Waals surface area contributed by atoms with Gasteiger partial charge in [-0.3, -0.25) is 0 Å². The number of carbonyl (C=O) groups excluding carboxylic acids is 1. The normalized spacial score (nSPS) is 17.3. The second-order valence-electron chi connectivity index (χ2n) is 5.72. The fraction of sp³-hybridized carbons (Fsp3) is 0.278. The van der Waals surface area contributed by atoms with Crippen LogP contribution in [0.15, 0.2) is 42.5 Å². The van der Waals surface area contributed by atoms with Gasteiger partial charge in [0.2, 0.25) is 0 Å². The Balaban J connectivity index is 1.79. The van der Waals surface area contributed by atoms with Gasteiger partial charge in [-0.1, -0.05) is 41.4 Å². The molecule has 23 heavy (non-hydrogen) atoms. The summed E-state index contributed by atoms with van der Waals surface area (Å²) in [5.41, 5.74) is 4.40. The van der Waals surface area contributed by atoms with Crippen molar-refractivity contribution in [3.05, 3.63) is 64.2 Å². The molecule has 3 rings (SSSR count). The van der Waals surface area contributed by atoms with Gasteiger partial charge in [-0.25, -0.2) is 4.79 Å². The van der Waals surface area contributed by atoms with Crippen molar-refractivity contribution in [2.45, 2.75) is 19.2 Å². The Morgan fingerprint density at radius 2 is 2.09 bits per heavy atom. The van der Waals surface area contributed by atoms with Crippen LogP contribution in [0.25, 0.3) is 0 Å². The third-order valence-electron chi connectivity index (χ3n) is 3.92. The lowest BCUT2D eigenvalue weighted by Gasteiger charge is -2.25. The fourth-order valence-corrected chi connectivity index (χ4v) is 4.34. The SMILES string of the molecule is Cc1ccc([C@H]2SCCN2C(=O)Nc2cccc(Cl)c2)c(C)c1. The molecule has 0 radical (unpaired) electrons. The van der Waals surface area contributed by atoms with Crippen LogP contribution in [-0.4, -0.2) is 23.2 Å². The van der Waals surface area contributed by atoms with E-state index in [1.54, 1.807) is 23.9 Å². The van der Waals surface area contributed by atoms with Crippen LogP contribution in [0, 0.1) is 13.8 Å². The monoisotopic (exact) mass is 346 g/mol. The maximum atomic E-state index is 12.6. The lowest BCUT2D eigenvalue weighted by Crippen LogP contribution is -2.34. The number of benzene rings is 2. The third kappa shape index (κ3) is 3.65. The molecule has 0 aliphatic carbocycles. The van der Waals surface area contributed by atoms with Crippen LogP contribution in [0.5, 0.6) is 0 Å². The number of thioether (sulfide) groups is 1. The predicted molar refractivity (Wildman–Crippen MR) is 98.3 cm³/mol. The summed E-state index contributed by atoms with van der Waals surface area (Å²) in [4.78, 5) is 14.5. The second kappa shape index (κ2) is 6.85. The summed E-state index contributed by atoms with van der Waals surface area (Å²) in [6.07, 6.45) is 0. The highest BCUT2D eigenvalue weighted by Crippen LogP contribution is 2.39. The molecule has 0 bridgehead atoms. The summed E-state index contributed by atoms with van der Waals surface area (Å²) in [5, 5.41) is 3.62. The molecule has 0 unspecified atom stereocenters. The minimum absolute atomic E-state index is 0.0646. The molecule has 0 aromatic heterocycles. The Morgan fingerprint density at radius 3 is 2.83 bits per heavy atom. The smallest absolute Gasteiger partial charge is 0.308 e. The highest BCUT2D eigenvalue weighted by Gasteiger charge is 2.31. The van der Waals surface area contributed by atoms with Gasteiger partial charge < -0.3 is 10.2 Å². The lowest BCUT2D eigenvalue weighted by molar-refractivity contribution is 0.214. The molecule has 1 fully saturated rings. The number of hydrogen-bond donors (Lipinski definition) is 1. The number of nitrogens with one attached hydrogen (secondary N) is 1. The number of anilines is 1. The summed E-state index contributed by atoms with van der Waals surface area (Å²) >= 11 is 7.78. The van der Waals surface area contributed by atoms with Crippen molar-refractivity contribution in [2.24, 2.45) is 0 Å². The Kier molecular flexibility index (Phi) is 4.83. The van der Waals surface area contributed by atoms with Crippen molar-refractivity contribution in [3.8, 4) is 0 Å². The van der Waals surface area contributed by atoms with Crippen molar-refractivity contribution in [1.82, 2.24) is 4.90 Å². The van der Waals surface area contributed by atoms with Crippen molar-refractivity contribution in [1.29, 1.82) is 0 Å². The molecule has 1 aliphatic heterocycles. The quantitative estimate of drug-likeness (QED) is 0.806. The maximum Gasteiger partial charge on any atom is 0.323 e.